The van der Waals surface area contributed by atoms with Gasteiger partial charge >= 0.3 is 0 Å². The molecule has 0 aromatic heterocycles. The number of benzene rings is 1. The van der Waals surface area contributed by atoms with Gasteiger partial charge in [-0.2, -0.15) is 0 Å². The standard InChI is InChI=1S/C7H5ClINO2/c1-4-2-5(10(11)12)3-6(8)7(4)9/h2-3H,1H3. The second kappa shape index (κ2) is 3.57. The van der Waals surface area contributed by atoms with Gasteiger partial charge in [-0.3, -0.25) is 10.1 Å². The fourth-order valence-corrected chi connectivity index (χ4v) is 1.39. The lowest BCUT2D eigenvalue weighted by Crippen LogP contribution is -1.90. The van der Waals surface area contributed by atoms with Gasteiger partial charge in [-0.05, 0) is 35.1 Å². The number of halogens is 2. The lowest BCUT2D eigenvalue weighted by molar-refractivity contribution is -0.384. The first kappa shape index (κ1) is 9.73. The molecule has 0 heterocycles. The Balaban J connectivity index is 3.31. The smallest absolute Gasteiger partial charge is 0.258 e. The summed E-state index contributed by atoms with van der Waals surface area (Å²) in [5.41, 5.74) is 0.868. The first-order valence-corrected chi connectivity index (χ1v) is 4.58. The molecule has 0 saturated carbocycles. The van der Waals surface area contributed by atoms with Gasteiger partial charge in [0.15, 0.2) is 0 Å². The Morgan fingerprint density at radius 3 is 2.58 bits per heavy atom. The van der Waals surface area contributed by atoms with Crippen LogP contribution in [0.4, 0.5) is 5.69 Å². The Bertz CT molecular complexity index is 317. The summed E-state index contributed by atoms with van der Waals surface area (Å²) < 4.78 is 0.861. The number of non-ortho nitro benzene ring substituents is 1. The maximum absolute atomic E-state index is 10.4. The first-order valence-electron chi connectivity index (χ1n) is 3.12. The van der Waals surface area contributed by atoms with Gasteiger partial charge < -0.3 is 0 Å². The molecule has 1 rings (SSSR count). The number of rotatable bonds is 1. The average Bonchev–Trinajstić information content (AvgIpc) is 1.99. The third kappa shape index (κ3) is 1.87. The minimum Gasteiger partial charge on any atom is -0.258 e. The maximum Gasteiger partial charge on any atom is 0.271 e. The number of hydrogen-bond acceptors (Lipinski definition) is 2. The number of nitro benzene ring substituents is 1. The van der Waals surface area contributed by atoms with Crippen LogP contribution in [0, 0.1) is 20.6 Å². The molecule has 1 aromatic carbocycles. The van der Waals surface area contributed by atoms with E-state index in [2.05, 4.69) is 22.6 Å². The lowest BCUT2D eigenvalue weighted by atomic mass is 10.2. The molecule has 0 spiro atoms. The Hall–Kier alpha value is -0.360. The average molecular weight is 297 g/mol. The van der Waals surface area contributed by atoms with Gasteiger partial charge in [-0.25, -0.2) is 0 Å². The molecule has 64 valence electrons. The summed E-state index contributed by atoms with van der Waals surface area (Å²) in [6.45, 7) is 1.79. The van der Waals surface area contributed by atoms with Crippen molar-refractivity contribution in [2.45, 2.75) is 6.92 Å². The molecule has 1 aromatic rings. The summed E-state index contributed by atoms with van der Waals surface area (Å²) in [6.07, 6.45) is 0. The molecule has 0 radical (unpaired) electrons. The van der Waals surface area contributed by atoms with Gasteiger partial charge in [-0.1, -0.05) is 11.6 Å². The van der Waals surface area contributed by atoms with Crippen LogP contribution in [0.15, 0.2) is 12.1 Å². The Morgan fingerprint density at radius 2 is 2.17 bits per heavy atom. The van der Waals surface area contributed by atoms with E-state index in [1.807, 2.05) is 0 Å². The zero-order valence-corrected chi connectivity index (χ0v) is 9.09. The molecule has 0 bridgehead atoms. The van der Waals surface area contributed by atoms with Crippen LogP contribution in [0.1, 0.15) is 5.56 Å². The fourth-order valence-electron chi connectivity index (χ4n) is 0.814. The van der Waals surface area contributed by atoms with E-state index in [0.29, 0.717) is 5.02 Å². The summed E-state index contributed by atoms with van der Waals surface area (Å²) in [5, 5.41) is 10.8. The van der Waals surface area contributed by atoms with E-state index in [4.69, 9.17) is 11.6 Å². The predicted octanol–water partition coefficient (Wildman–Crippen LogP) is 3.16. The highest BCUT2D eigenvalue weighted by molar-refractivity contribution is 14.1. The van der Waals surface area contributed by atoms with Crippen LogP contribution in [0.2, 0.25) is 5.02 Å². The zero-order chi connectivity index (χ0) is 9.30. The van der Waals surface area contributed by atoms with E-state index in [0.717, 1.165) is 9.13 Å². The molecule has 0 aliphatic heterocycles. The maximum atomic E-state index is 10.4. The highest BCUT2D eigenvalue weighted by Crippen LogP contribution is 2.27. The van der Waals surface area contributed by atoms with Crippen LogP contribution in [-0.2, 0) is 0 Å². The lowest BCUT2D eigenvalue weighted by Gasteiger charge is -1.99. The number of nitro groups is 1. The second-order valence-corrected chi connectivity index (χ2v) is 3.80. The third-order valence-corrected chi connectivity index (χ3v) is 3.45. The first-order chi connectivity index (χ1) is 5.52. The molecule has 12 heavy (non-hydrogen) atoms. The van der Waals surface area contributed by atoms with Crippen LogP contribution in [0.3, 0.4) is 0 Å². The van der Waals surface area contributed by atoms with Crippen molar-refractivity contribution in [3.05, 3.63) is 36.4 Å². The van der Waals surface area contributed by atoms with Gasteiger partial charge in [0.05, 0.1) is 9.95 Å². The van der Waals surface area contributed by atoms with Crippen molar-refractivity contribution in [2.75, 3.05) is 0 Å². The molecular weight excluding hydrogens is 292 g/mol. The van der Waals surface area contributed by atoms with Crippen molar-refractivity contribution in [1.29, 1.82) is 0 Å². The summed E-state index contributed by atoms with van der Waals surface area (Å²) in [7, 11) is 0. The van der Waals surface area contributed by atoms with Crippen molar-refractivity contribution in [3.8, 4) is 0 Å². The van der Waals surface area contributed by atoms with Crippen molar-refractivity contribution >= 4 is 39.9 Å². The van der Waals surface area contributed by atoms with Crippen molar-refractivity contribution in [2.24, 2.45) is 0 Å². The Kier molecular flexibility index (Phi) is 2.89. The summed E-state index contributed by atoms with van der Waals surface area (Å²) in [5.74, 6) is 0. The summed E-state index contributed by atoms with van der Waals surface area (Å²) in [4.78, 5) is 9.91. The molecule has 0 fully saturated rings. The Morgan fingerprint density at radius 1 is 1.58 bits per heavy atom. The van der Waals surface area contributed by atoms with Crippen LogP contribution in [0.25, 0.3) is 0 Å². The normalized spacial score (nSPS) is 9.92. The zero-order valence-electron chi connectivity index (χ0n) is 6.17. The highest BCUT2D eigenvalue weighted by Gasteiger charge is 2.10. The van der Waals surface area contributed by atoms with Crippen molar-refractivity contribution < 1.29 is 4.92 Å². The van der Waals surface area contributed by atoms with Crippen molar-refractivity contribution in [3.63, 3.8) is 0 Å². The third-order valence-electron chi connectivity index (χ3n) is 1.41. The molecule has 0 unspecified atom stereocenters. The second-order valence-electron chi connectivity index (χ2n) is 2.32. The fraction of sp³-hybridized carbons (Fsp3) is 0.143. The van der Waals surface area contributed by atoms with E-state index < -0.39 is 4.92 Å². The molecule has 0 aliphatic carbocycles. The van der Waals surface area contributed by atoms with Gasteiger partial charge in [-0.15, -0.1) is 0 Å². The molecule has 0 amide bonds. The largest absolute Gasteiger partial charge is 0.271 e. The van der Waals surface area contributed by atoms with E-state index in [9.17, 15) is 10.1 Å². The summed E-state index contributed by atoms with van der Waals surface area (Å²) in [6, 6.07) is 2.87. The van der Waals surface area contributed by atoms with Crippen LogP contribution in [0.5, 0.6) is 0 Å². The minimum absolute atomic E-state index is 0.0397. The van der Waals surface area contributed by atoms with Crippen LogP contribution in [-0.4, -0.2) is 4.92 Å². The molecule has 3 nitrogen and oxygen atoms in total. The van der Waals surface area contributed by atoms with E-state index in [1.54, 1.807) is 6.92 Å². The molecule has 0 N–H and O–H groups in total. The quantitative estimate of drug-likeness (QED) is 0.454. The van der Waals surface area contributed by atoms with Gasteiger partial charge in [0.25, 0.3) is 5.69 Å². The molecule has 0 saturated heterocycles. The number of hydrogen-bond donors (Lipinski definition) is 0. The van der Waals surface area contributed by atoms with Crippen LogP contribution < -0.4 is 0 Å². The highest BCUT2D eigenvalue weighted by atomic mass is 127. The minimum atomic E-state index is -0.449. The number of nitrogens with zero attached hydrogens (tertiary/aromatic N) is 1. The topological polar surface area (TPSA) is 43.1 Å². The number of aryl methyl sites for hydroxylation is 1. The Labute approximate surface area is 88.0 Å². The molecule has 0 aliphatic rings. The van der Waals surface area contributed by atoms with E-state index in [-0.39, 0.29) is 5.69 Å². The van der Waals surface area contributed by atoms with Gasteiger partial charge in [0, 0.05) is 15.7 Å². The summed E-state index contributed by atoms with van der Waals surface area (Å²) >= 11 is 7.81. The van der Waals surface area contributed by atoms with Gasteiger partial charge in [0.2, 0.25) is 0 Å². The van der Waals surface area contributed by atoms with Gasteiger partial charge in [0.1, 0.15) is 0 Å². The van der Waals surface area contributed by atoms with E-state index >= 15 is 0 Å². The molecule has 5 heteroatoms. The molecule has 0 atom stereocenters. The van der Waals surface area contributed by atoms with E-state index in [1.165, 1.54) is 12.1 Å². The predicted molar refractivity (Wildman–Crippen MR) is 55.6 cm³/mol. The van der Waals surface area contributed by atoms with Crippen molar-refractivity contribution in [1.82, 2.24) is 0 Å². The monoisotopic (exact) mass is 297 g/mol. The molecular formula is C7H5ClINO2. The van der Waals surface area contributed by atoms with Crippen LogP contribution >= 0.6 is 34.2 Å². The SMILES string of the molecule is Cc1cc([N+](=O)[O-])cc(Cl)c1I.